The monoisotopic (exact) mass is 476 g/mol. The largest absolute Gasteiger partial charge is 0.494 e. The number of hydrogen-bond acceptors (Lipinski definition) is 2. The summed E-state index contributed by atoms with van der Waals surface area (Å²) in [6.07, 6.45) is 1.35. The molecule has 4 aromatic rings. The van der Waals surface area contributed by atoms with Crippen LogP contribution in [0.5, 0.6) is 11.5 Å². The zero-order valence-electron chi connectivity index (χ0n) is 19.8. The molecule has 0 N–H and O–H groups in total. The summed E-state index contributed by atoms with van der Waals surface area (Å²) >= 11 is 0. The van der Waals surface area contributed by atoms with Crippen LogP contribution in [0, 0.1) is 17.5 Å². The molecule has 4 rings (SSSR count). The molecule has 2 nitrogen and oxygen atoms in total. The zero-order valence-corrected chi connectivity index (χ0v) is 19.8. The summed E-state index contributed by atoms with van der Waals surface area (Å²) in [7, 11) is 0. The third-order valence-electron chi connectivity index (χ3n) is 5.82. The van der Waals surface area contributed by atoms with E-state index in [9.17, 15) is 13.2 Å². The van der Waals surface area contributed by atoms with E-state index in [2.05, 4.69) is 0 Å². The standard InChI is InChI=1S/C30H27F3O2/c1-3-34-24-14-12-23(13-15-24)26-17-16-25(29(32)30(26)33)22-10-7-20(8-11-22)5-6-21-9-18-28(35-4-2)27(31)19-21/h7-19H,3-6H2,1-2H3. The van der Waals surface area contributed by atoms with Crippen LogP contribution in [0.25, 0.3) is 22.3 Å². The fraction of sp³-hybridized carbons (Fsp3) is 0.200. The minimum Gasteiger partial charge on any atom is -0.494 e. The van der Waals surface area contributed by atoms with E-state index in [1.807, 2.05) is 32.0 Å². The Morgan fingerprint density at radius 1 is 0.571 bits per heavy atom. The van der Waals surface area contributed by atoms with Gasteiger partial charge in [0, 0.05) is 11.1 Å². The summed E-state index contributed by atoms with van der Waals surface area (Å²) in [4.78, 5) is 0. The molecular formula is C30H27F3O2. The second-order valence-electron chi connectivity index (χ2n) is 8.14. The number of rotatable bonds is 9. The van der Waals surface area contributed by atoms with Crippen molar-refractivity contribution in [1.29, 1.82) is 0 Å². The number of benzene rings is 4. The lowest BCUT2D eigenvalue weighted by atomic mass is 9.97. The minimum atomic E-state index is -0.881. The van der Waals surface area contributed by atoms with E-state index in [0.717, 1.165) is 11.1 Å². The first-order chi connectivity index (χ1) is 17.0. The van der Waals surface area contributed by atoms with Crippen molar-refractivity contribution < 1.29 is 22.6 Å². The van der Waals surface area contributed by atoms with Gasteiger partial charge in [0.05, 0.1) is 13.2 Å². The van der Waals surface area contributed by atoms with Gasteiger partial charge in [-0.1, -0.05) is 54.6 Å². The number of hydrogen-bond donors (Lipinski definition) is 0. The molecule has 180 valence electrons. The number of halogens is 3. The Kier molecular flexibility index (Phi) is 7.76. The highest BCUT2D eigenvalue weighted by Crippen LogP contribution is 2.32. The van der Waals surface area contributed by atoms with Crippen molar-refractivity contribution in [1.82, 2.24) is 0 Å². The fourth-order valence-electron chi connectivity index (χ4n) is 4.00. The molecule has 0 amide bonds. The van der Waals surface area contributed by atoms with E-state index in [0.29, 0.717) is 42.9 Å². The van der Waals surface area contributed by atoms with Crippen LogP contribution in [0.3, 0.4) is 0 Å². The molecule has 0 radical (unpaired) electrons. The van der Waals surface area contributed by atoms with Crippen LogP contribution < -0.4 is 9.47 Å². The fourth-order valence-corrected chi connectivity index (χ4v) is 4.00. The van der Waals surface area contributed by atoms with Gasteiger partial charge < -0.3 is 9.47 Å². The second kappa shape index (κ2) is 11.1. The van der Waals surface area contributed by atoms with Gasteiger partial charge in [0.25, 0.3) is 0 Å². The molecule has 0 fully saturated rings. The van der Waals surface area contributed by atoms with E-state index in [-0.39, 0.29) is 22.7 Å². The molecule has 0 aliphatic rings. The number of aryl methyl sites for hydroxylation is 2. The third kappa shape index (κ3) is 5.68. The molecule has 0 spiro atoms. The molecule has 0 heterocycles. The lowest BCUT2D eigenvalue weighted by Crippen LogP contribution is -1.97. The first-order valence-corrected chi connectivity index (χ1v) is 11.7. The maximum absolute atomic E-state index is 15.0. The van der Waals surface area contributed by atoms with Gasteiger partial charge >= 0.3 is 0 Å². The highest BCUT2D eigenvalue weighted by Gasteiger charge is 2.16. The van der Waals surface area contributed by atoms with Crippen LogP contribution in [-0.2, 0) is 12.8 Å². The average molecular weight is 477 g/mol. The van der Waals surface area contributed by atoms with Crippen LogP contribution in [0.15, 0.2) is 78.9 Å². The van der Waals surface area contributed by atoms with Gasteiger partial charge in [0.2, 0.25) is 0 Å². The van der Waals surface area contributed by atoms with E-state index in [4.69, 9.17) is 9.47 Å². The zero-order chi connectivity index (χ0) is 24.8. The molecular weight excluding hydrogens is 449 g/mol. The average Bonchev–Trinajstić information content (AvgIpc) is 2.87. The van der Waals surface area contributed by atoms with Gasteiger partial charge in [-0.3, -0.25) is 0 Å². The van der Waals surface area contributed by atoms with Crippen molar-refractivity contribution in [3.05, 3.63) is 107 Å². The van der Waals surface area contributed by atoms with E-state index >= 15 is 0 Å². The van der Waals surface area contributed by atoms with E-state index in [1.165, 1.54) is 6.07 Å². The summed E-state index contributed by atoms with van der Waals surface area (Å²) in [5.41, 5.74) is 3.47. The van der Waals surface area contributed by atoms with Crippen molar-refractivity contribution in [2.75, 3.05) is 13.2 Å². The first-order valence-electron chi connectivity index (χ1n) is 11.7. The van der Waals surface area contributed by atoms with E-state index < -0.39 is 11.6 Å². The van der Waals surface area contributed by atoms with Gasteiger partial charge in [-0.25, -0.2) is 13.2 Å². The number of ether oxygens (including phenoxy) is 2. The molecule has 0 unspecified atom stereocenters. The smallest absolute Gasteiger partial charge is 0.167 e. The molecule has 35 heavy (non-hydrogen) atoms. The molecule has 0 atom stereocenters. The SMILES string of the molecule is CCOc1ccc(-c2ccc(-c3ccc(CCc4ccc(OCC)c(F)c4)cc3)c(F)c2F)cc1. The van der Waals surface area contributed by atoms with Crippen LogP contribution in [-0.4, -0.2) is 13.2 Å². The van der Waals surface area contributed by atoms with Gasteiger partial charge in [-0.2, -0.15) is 0 Å². The summed E-state index contributed by atoms with van der Waals surface area (Å²) in [6.45, 7) is 4.65. The molecule has 0 saturated heterocycles. The van der Waals surface area contributed by atoms with Crippen molar-refractivity contribution in [3.8, 4) is 33.8 Å². The summed E-state index contributed by atoms with van der Waals surface area (Å²) in [5, 5.41) is 0. The van der Waals surface area contributed by atoms with Gasteiger partial charge in [-0.05, 0) is 73.2 Å². The minimum absolute atomic E-state index is 0.202. The lowest BCUT2D eigenvalue weighted by molar-refractivity contribution is 0.321. The van der Waals surface area contributed by atoms with Crippen LogP contribution in [0.1, 0.15) is 25.0 Å². The van der Waals surface area contributed by atoms with Crippen molar-refractivity contribution in [2.45, 2.75) is 26.7 Å². The summed E-state index contributed by atoms with van der Waals surface area (Å²) in [5.74, 6) is -1.20. The quantitative estimate of drug-likeness (QED) is 0.244. The van der Waals surface area contributed by atoms with Gasteiger partial charge in [-0.15, -0.1) is 0 Å². The maximum Gasteiger partial charge on any atom is 0.167 e. The predicted octanol–water partition coefficient (Wildman–Crippen LogP) is 8.02. The Balaban J connectivity index is 1.47. The summed E-state index contributed by atoms with van der Waals surface area (Å²) < 4.78 is 54.6. The Hall–Kier alpha value is -3.73. The lowest BCUT2D eigenvalue weighted by Gasteiger charge is -2.11. The Labute approximate surface area is 204 Å². The normalized spacial score (nSPS) is 10.9. The van der Waals surface area contributed by atoms with Crippen molar-refractivity contribution in [3.63, 3.8) is 0 Å². The Morgan fingerprint density at radius 3 is 1.63 bits per heavy atom. The molecule has 0 aliphatic heterocycles. The maximum atomic E-state index is 15.0. The van der Waals surface area contributed by atoms with E-state index in [1.54, 1.807) is 54.6 Å². The van der Waals surface area contributed by atoms with Crippen LogP contribution >= 0.6 is 0 Å². The second-order valence-corrected chi connectivity index (χ2v) is 8.14. The topological polar surface area (TPSA) is 18.5 Å². The van der Waals surface area contributed by atoms with Crippen LogP contribution in [0.4, 0.5) is 13.2 Å². The van der Waals surface area contributed by atoms with Crippen molar-refractivity contribution >= 4 is 0 Å². The first kappa shape index (κ1) is 24.4. The molecule has 0 saturated carbocycles. The highest BCUT2D eigenvalue weighted by molar-refractivity contribution is 5.72. The van der Waals surface area contributed by atoms with Gasteiger partial charge in [0.1, 0.15) is 5.75 Å². The molecule has 0 bridgehead atoms. The van der Waals surface area contributed by atoms with Crippen molar-refractivity contribution in [2.24, 2.45) is 0 Å². The third-order valence-corrected chi connectivity index (χ3v) is 5.82. The molecule has 5 heteroatoms. The Morgan fingerprint density at radius 2 is 1.09 bits per heavy atom. The highest BCUT2D eigenvalue weighted by atomic mass is 19.2. The van der Waals surface area contributed by atoms with Crippen LogP contribution in [0.2, 0.25) is 0 Å². The predicted molar refractivity (Wildman–Crippen MR) is 133 cm³/mol. The molecule has 0 aromatic heterocycles. The molecule has 4 aromatic carbocycles. The van der Waals surface area contributed by atoms with Gasteiger partial charge in [0.15, 0.2) is 23.2 Å². The Bertz CT molecular complexity index is 1280. The molecule has 0 aliphatic carbocycles. The summed E-state index contributed by atoms with van der Waals surface area (Å²) in [6, 6.07) is 22.4.